The van der Waals surface area contributed by atoms with Crippen LogP contribution in [0.25, 0.3) is 0 Å². The summed E-state index contributed by atoms with van der Waals surface area (Å²) >= 11 is 0. The van der Waals surface area contributed by atoms with E-state index in [1.54, 1.807) is 0 Å². The second-order valence-corrected chi connectivity index (χ2v) is 5.73. The van der Waals surface area contributed by atoms with E-state index in [1.807, 2.05) is 0 Å². The summed E-state index contributed by atoms with van der Waals surface area (Å²) in [6, 6.07) is 12.6. The van der Waals surface area contributed by atoms with Crippen molar-refractivity contribution in [3.05, 3.63) is 53.1 Å². The van der Waals surface area contributed by atoms with Crippen LogP contribution in [0.4, 0.5) is 5.69 Å². The topological polar surface area (TPSA) is 21.7 Å². The van der Waals surface area contributed by atoms with Crippen LogP contribution in [-0.2, 0) is 13.0 Å². The quantitative estimate of drug-likeness (QED) is 0.796. The van der Waals surface area contributed by atoms with Gasteiger partial charge in [-0.15, -0.1) is 0 Å². The van der Waals surface area contributed by atoms with Crippen molar-refractivity contribution in [2.24, 2.45) is 0 Å². The Balaban J connectivity index is 1.72. The van der Waals surface area contributed by atoms with Gasteiger partial charge in [0.05, 0.1) is 13.2 Å². The largest absolute Gasteiger partial charge is 0.493 e. The maximum absolute atomic E-state index is 5.98. The van der Waals surface area contributed by atoms with Crippen molar-refractivity contribution in [2.45, 2.75) is 26.3 Å². The van der Waals surface area contributed by atoms with Gasteiger partial charge in [0.15, 0.2) is 6.73 Å². The average Bonchev–Trinajstić information content (AvgIpc) is 2.55. The number of hydrogen-bond donors (Lipinski definition) is 0. The van der Waals surface area contributed by atoms with E-state index in [2.05, 4.69) is 48.2 Å². The Bertz CT molecular complexity index is 681. The number of anilines is 1. The van der Waals surface area contributed by atoms with Gasteiger partial charge in [0.1, 0.15) is 11.5 Å². The van der Waals surface area contributed by atoms with E-state index >= 15 is 0 Å². The highest BCUT2D eigenvalue weighted by atomic mass is 16.5. The summed E-state index contributed by atoms with van der Waals surface area (Å²) in [7, 11) is 0. The summed E-state index contributed by atoms with van der Waals surface area (Å²) in [6.45, 7) is 4.48. The van der Waals surface area contributed by atoms with Crippen LogP contribution in [0.5, 0.6) is 11.5 Å². The normalized spacial score (nSPS) is 16.5. The lowest BCUT2D eigenvalue weighted by molar-refractivity contribution is 0.270. The van der Waals surface area contributed by atoms with Crippen molar-refractivity contribution in [2.75, 3.05) is 18.2 Å². The van der Waals surface area contributed by atoms with Crippen LogP contribution in [0.1, 0.15) is 23.1 Å². The predicted molar refractivity (Wildman–Crippen MR) is 83.1 cm³/mol. The fraction of sp³-hybridized carbons (Fsp3) is 0.333. The second-order valence-electron chi connectivity index (χ2n) is 5.73. The molecule has 2 aromatic carbocycles. The molecule has 0 fully saturated rings. The number of ether oxygens (including phenoxy) is 2. The predicted octanol–water partition coefficient (Wildman–Crippen LogP) is 3.68. The van der Waals surface area contributed by atoms with E-state index in [-0.39, 0.29) is 0 Å². The van der Waals surface area contributed by atoms with Crippen molar-refractivity contribution < 1.29 is 9.47 Å². The first-order valence-electron chi connectivity index (χ1n) is 7.54. The summed E-state index contributed by atoms with van der Waals surface area (Å²) in [6.07, 6.45) is 2.18. The third-order valence-electron chi connectivity index (χ3n) is 4.35. The Morgan fingerprint density at radius 1 is 0.952 bits per heavy atom. The minimum atomic E-state index is 0.609. The molecule has 3 heteroatoms. The molecule has 2 aliphatic heterocycles. The van der Waals surface area contributed by atoms with E-state index in [0.29, 0.717) is 6.73 Å². The molecule has 0 amide bonds. The highest BCUT2D eigenvalue weighted by Gasteiger charge is 2.25. The van der Waals surface area contributed by atoms with Crippen LogP contribution in [0, 0.1) is 6.92 Å². The number of rotatable bonds is 1. The zero-order chi connectivity index (χ0) is 14.2. The summed E-state index contributed by atoms with van der Waals surface area (Å²) in [5, 5.41) is 0. The first kappa shape index (κ1) is 12.6. The van der Waals surface area contributed by atoms with Crippen molar-refractivity contribution in [3.63, 3.8) is 0 Å². The molecular formula is C18H19NO2. The third kappa shape index (κ3) is 2.13. The van der Waals surface area contributed by atoms with Crippen molar-refractivity contribution in [1.82, 2.24) is 0 Å². The molecule has 0 aliphatic carbocycles. The summed E-state index contributed by atoms with van der Waals surface area (Å²) in [4.78, 5) is 2.30. The van der Waals surface area contributed by atoms with Gasteiger partial charge in [-0.3, -0.25) is 0 Å². The van der Waals surface area contributed by atoms with Gasteiger partial charge in [0.2, 0.25) is 0 Å². The number of para-hydroxylation sites is 1. The van der Waals surface area contributed by atoms with E-state index in [9.17, 15) is 0 Å². The molecule has 0 saturated carbocycles. The molecule has 2 aromatic rings. The van der Waals surface area contributed by atoms with Gasteiger partial charge in [-0.05, 0) is 43.5 Å². The summed E-state index contributed by atoms with van der Waals surface area (Å²) in [5.74, 6) is 2.05. The van der Waals surface area contributed by atoms with E-state index < -0.39 is 0 Å². The first-order valence-corrected chi connectivity index (χ1v) is 7.54. The van der Waals surface area contributed by atoms with E-state index in [4.69, 9.17) is 9.47 Å². The molecule has 108 valence electrons. The summed E-state index contributed by atoms with van der Waals surface area (Å²) in [5.41, 5.74) is 5.15. The number of nitrogens with zero attached hydrogens (tertiary/aromatic N) is 1. The third-order valence-corrected chi connectivity index (χ3v) is 4.35. The van der Waals surface area contributed by atoms with E-state index in [0.717, 1.165) is 37.5 Å². The second kappa shape index (κ2) is 4.99. The minimum absolute atomic E-state index is 0.609. The Hall–Kier alpha value is -2.16. The lowest BCUT2D eigenvalue weighted by atomic mass is 9.97. The fourth-order valence-corrected chi connectivity index (χ4v) is 3.26. The molecule has 0 saturated heterocycles. The molecule has 4 rings (SSSR count). The minimum Gasteiger partial charge on any atom is -0.493 e. The molecular weight excluding hydrogens is 262 g/mol. The van der Waals surface area contributed by atoms with Gasteiger partial charge in [-0.2, -0.15) is 0 Å². The van der Waals surface area contributed by atoms with E-state index in [1.165, 1.54) is 22.4 Å². The monoisotopic (exact) mass is 281 g/mol. The maximum Gasteiger partial charge on any atom is 0.161 e. The molecule has 0 radical (unpaired) electrons. The fourth-order valence-electron chi connectivity index (χ4n) is 3.26. The molecule has 2 heterocycles. The van der Waals surface area contributed by atoms with Crippen LogP contribution in [0.2, 0.25) is 0 Å². The Kier molecular flexibility index (Phi) is 2.99. The lowest BCUT2D eigenvalue weighted by Crippen LogP contribution is -2.33. The molecule has 0 spiro atoms. The highest BCUT2D eigenvalue weighted by Crippen LogP contribution is 2.38. The molecule has 0 unspecified atom stereocenters. The van der Waals surface area contributed by atoms with Crippen LogP contribution < -0.4 is 14.4 Å². The van der Waals surface area contributed by atoms with Gasteiger partial charge >= 0.3 is 0 Å². The number of hydrogen-bond acceptors (Lipinski definition) is 3. The standard InChI is InChI=1S/C18H19NO2/c1-13-5-2-3-7-16(13)19-11-15-14-6-4-10-20-17(14)8-9-18(15)21-12-19/h2-3,5,7-9H,4,6,10-12H2,1H3. The van der Waals surface area contributed by atoms with Crippen molar-refractivity contribution in [3.8, 4) is 11.5 Å². The van der Waals surface area contributed by atoms with Crippen LogP contribution in [0.3, 0.4) is 0 Å². The van der Waals surface area contributed by atoms with Gasteiger partial charge in [-0.25, -0.2) is 0 Å². The summed E-state index contributed by atoms with van der Waals surface area (Å²) < 4.78 is 11.8. The molecule has 0 atom stereocenters. The van der Waals surface area contributed by atoms with Gasteiger partial charge in [0, 0.05) is 16.8 Å². The molecule has 0 N–H and O–H groups in total. The number of aryl methyl sites for hydroxylation is 1. The highest BCUT2D eigenvalue weighted by molar-refractivity contribution is 5.58. The number of fused-ring (bicyclic) bond motifs is 3. The molecule has 21 heavy (non-hydrogen) atoms. The first-order chi connectivity index (χ1) is 10.3. The zero-order valence-electron chi connectivity index (χ0n) is 12.3. The Morgan fingerprint density at radius 2 is 1.76 bits per heavy atom. The Morgan fingerprint density at radius 3 is 2.62 bits per heavy atom. The van der Waals surface area contributed by atoms with Crippen molar-refractivity contribution in [1.29, 1.82) is 0 Å². The molecule has 0 aromatic heterocycles. The van der Waals surface area contributed by atoms with Crippen LogP contribution in [-0.4, -0.2) is 13.3 Å². The maximum atomic E-state index is 5.98. The molecule has 2 aliphatic rings. The average molecular weight is 281 g/mol. The van der Waals surface area contributed by atoms with Gasteiger partial charge in [0.25, 0.3) is 0 Å². The van der Waals surface area contributed by atoms with Crippen LogP contribution in [0.15, 0.2) is 36.4 Å². The van der Waals surface area contributed by atoms with Gasteiger partial charge in [-0.1, -0.05) is 18.2 Å². The zero-order valence-corrected chi connectivity index (χ0v) is 12.3. The Labute approximate surface area is 125 Å². The van der Waals surface area contributed by atoms with Gasteiger partial charge < -0.3 is 14.4 Å². The van der Waals surface area contributed by atoms with Crippen LogP contribution >= 0.6 is 0 Å². The lowest BCUT2D eigenvalue weighted by Gasteiger charge is -2.34. The number of benzene rings is 2. The molecule has 0 bridgehead atoms. The SMILES string of the molecule is Cc1ccccc1N1COc2ccc3c(c2C1)CCCO3. The smallest absolute Gasteiger partial charge is 0.161 e. The van der Waals surface area contributed by atoms with Crippen molar-refractivity contribution >= 4 is 5.69 Å². The molecule has 3 nitrogen and oxygen atoms in total.